The van der Waals surface area contributed by atoms with Gasteiger partial charge in [-0.3, -0.25) is 10.1 Å². The Balaban J connectivity index is 2.50. The van der Waals surface area contributed by atoms with Crippen LogP contribution in [-0.2, 0) is 4.79 Å². The predicted molar refractivity (Wildman–Crippen MR) is 70.1 cm³/mol. The molecule has 0 aliphatic rings. The van der Waals surface area contributed by atoms with Crippen molar-refractivity contribution in [2.45, 2.75) is 12.2 Å². The molecular formula is C11H13ClN2O2S. The minimum absolute atomic E-state index is 0.0716. The quantitative estimate of drug-likeness (QED) is 0.884. The summed E-state index contributed by atoms with van der Waals surface area (Å²) in [6, 6.07) is 6.62. The van der Waals surface area contributed by atoms with Crippen molar-refractivity contribution in [1.29, 1.82) is 0 Å². The highest BCUT2D eigenvalue weighted by Crippen LogP contribution is 2.32. The van der Waals surface area contributed by atoms with E-state index in [-0.39, 0.29) is 11.0 Å². The van der Waals surface area contributed by atoms with Crippen LogP contribution in [0, 0.1) is 0 Å². The zero-order valence-electron chi connectivity index (χ0n) is 9.27. The van der Waals surface area contributed by atoms with Gasteiger partial charge in [0.2, 0.25) is 5.91 Å². The summed E-state index contributed by atoms with van der Waals surface area (Å²) in [6.45, 7) is 1.95. The SMILES string of the molecule is CC(SCC(=O)NC(N)=O)c1ccccc1Cl. The molecule has 1 aromatic rings. The van der Waals surface area contributed by atoms with Crippen molar-refractivity contribution in [2.24, 2.45) is 5.73 Å². The van der Waals surface area contributed by atoms with Gasteiger partial charge in [-0.15, -0.1) is 11.8 Å². The maximum atomic E-state index is 11.2. The van der Waals surface area contributed by atoms with Gasteiger partial charge in [-0.25, -0.2) is 4.79 Å². The molecule has 4 nitrogen and oxygen atoms in total. The number of thioether (sulfide) groups is 1. The Morgan fingerprint density at radius 3 is 2.71 bits per heavy atom. The van der Waals surface area contributed by atoms with Crippen LogP contribution in [0.4, 0.5) is 4.79 Å². The number of rotatable bonds is 4. The van der Waals surface area contributed by atoms with Crippen LogP contribution in [0.1, 0.15) is 17.7 Å². The number of imide groups is 1. The van der Waals surface area contributed by atoms with Crippen molar-refractivity contribution in [2.75, 3.05) is 5.75 Å². The molecule has 0 spiro atoms. The lowest BCUT2D eigenvalue weighted by Crippen LogP contribution is -2.36. The molecular weight excluding hydrogens is 260 g/mol. The standard InChI is InChI=1S/C11H13ClN2O2S/c1-7(8-4-2-3-5-9(8)12)17-6-10(15)14-11(13)16/h2-5,7H,6H2,1H3,(H3,13,14,15,16). The number of hydrogen-bond acceptors (Lipinski definition) is 3. The fourth-order valence-electron chi connectivity index (χ4n) is 1.27. The zero-order chi connectivity index (χ0) is 12.8. The second-order valence-corrected chi connectivity index (χ2v) is 5.12. The highest BCUT2D eigenvalue weighted by molar-refractivity contribution is 8.00. The maximum Gasteiger partial charge on any atom is 0.318 e. The van der Waals surface area contributed by atoms with E-state index in [1.54, 1.807) is 6.07 Å². The summed E-state index contributed by atoms with van der Waals surface area (Å²) in [5.41, 5.74) is 5.80. The Bertz CT molecular complexity index is 426. The van der Waals surface area contributed by atoms with Gasteiger partial charge in [0.15, 0.2) is 0 Å². The zero-order valence-corrected chi connectivity index (χ0v) is 10.8. The summed E-state index contributed by atoms with van der Waals surface area (Å²) >= 11 is 7.42. The average molecular weight is 273 g/mol. The summed E-state index contributed by atoms with van der Waals surface area (Å²) < 4.78 is 0. The summed E-state index contributed by atoms with van der Waals surface area (Å²) in [5, 5.41) is 2.75. The van der Waals surface area contributed by atoms with E-state index in [0.717, 1.165) is 5.56 Å². The average Bonchev–Trinajstić information content (AvgIpc) is 2.25. The van der Waals surface area contributed by atoms with Crippen LogP contribution in [0.25, 0.3) is 0 Å². The van der Waals surface area contributed by atoms with Gasteiger partial charge in [0.1, 0.15) is 0 Å². The molecule has 0 aromatic heterocycles. The first-order valence-corrected chi connectivity index (χ1v) is 6.38. The van der Waals surface area contributed by atoms with Crippen molar-refractivity contribution in [1.82, 2.24) is 5.32 Å². The fourth-order valence-corrected chi connectivity index (χ4v) is 2.49. The topological polar surface area (TPSA) is 72.2 Å². The third kappa shape index (κ3) is 4.66. The lowest BCUT2D eigenvalue weighted by Gasteiger charge is -2.12. The third-order valence-corrected chi connectivity index (χ3v) is 3.60. The molecule has 0 aliphatic heterocycles. The van der Waals surface area contributed by atoms with Gasteiger partial charge in [-0.05, 0) is 18.6 Å². The third-order valence-electron chi connectivity index (χ3n) is 2.07. The Labute approximate surface area is 109 Å². The predicted octanol–water partition coefficient (Wildman–Crippen LogP) is 2.33. The van der Waals surface area contributed by atoms with Crippen molar-refractivity contribution in [3.63, 3.8) is 0 Å². The molecule has 17 heavy (non-hydrogen) atoms. The monoisotopic (exact) mass is 272 g/mol. The number of amides is 3. The molecule has 1 rings (SSSR count). The largest absolute Gasteiger partial charge is 0.351 e. The lowest BCUT2D eigenvalue weighted by molar-refractivity contribution is -0.117. The molecule has 0 aliphatic carbocycles. The molecule has 1 unspecified atom stereocenters. The smallest absolute Gasteiger partial charge is 0.318 e. The van der Waals surface area contributed by atoms with Crippen LogP contribution in [0.5, 0.6) is 0 Å². The van der Waals surface area contributed by atoms with Crippen molar-refractivity contribution >= 4 is 35.3 Å². The van der Waals surface area contributed by atoms with Crippen molar-refractivity contribution in [3.8, 4) is 0 Å². The molecule has 6 heteroatoms. The molecule has 1 aromatic carbocycles. The van der Waals surface area contributed by atoms with Crippen LogP contribution in [0.3, 0.4) is 0 Å². The number of halogens is 1. The molecule has 0 fully saturated rings. The number of benzene rings is 1. The van der Waals surface area contributed by atoms with E-state index in [2.05, 4.69) is 0 Å². The molecule has 0 heterocycles. The van der Waals surface area contributed by atoms with Crippen LogP contribution in [0.15, 0.2) is 24.3 Å². The molecule has 0 bridgehead atoms. The number of primary amides is 1. The van der Waals surface area contributed by atoms with Gasteiger partial charge in [-0.1, -0.05) is 29.8 Å². The number of nitrogens with one attached hydrogen (secondary N) is 1. The molecule has 0 saturated carbocycles. The van der Waals surface area contributed by atoms with E-state index in [9.17, 15) is 9.59 Å². The van der Waals surface area contributed by atoms with E-state index in [0.29, 0.717) is 5.02 Å². The van der Waals surface area contributed by atoms with Gasteiger partial charge in [0.25, 0.3) is 0 Å². The Morgan fingerprint density at radius 2 is 2.12 bits per heavy atom. The Morgan fingerprint density at radius 1 is 1.47 bits per heavy atom. The van der Waals surface area contributed by atoms with Gasteiger partial charge in [-0.2, -0.15) is 0 Å². The molecule has 3 N–H and O–H groups in total. The summed E-state index contributed by atoms with van der Waals surface area (Å²) in [7, 11) is 0. The van der Waals surface area contributed by atoms with E-state index >= 15 is 0 Å². The summed E-state index contributed by atoms with van der Waals surface area (Å²) in [6.07, 6.45) is 0. The summed E-state index contributed by atoms with van der Waals surface area (Å²) in [4.78, 5) is 21.6. The van der Waals surface area contributed by atoms with Crippen molar-refractivity contribution in [3.05, 3.63) is 34.9 Å². The van der Waals surface area contributed by atoms with E-state index in [4.69, 9.17) is 17.3 Å². The number of hydrogen-bond donors (Lipinski definition) is 2. The number of carbonyl (C=O) groups is 2. The minimum Gasteiger partial charge on any atom is -0.351 e. The Hall–Kier alpha value is -1.20. The second-order valence-electron chi connectivity index (χ2n) is 3.39. The van der Waals surface area contributed by atoms with E-state index in [1.807, 2.05) is 30.4 Å². The minimum atomic E-state index is -0.832. The van der Waals surface area contributed by atoms with Crippen LogP contribution in [-0.4, -0.2) is 17.7 Å². The molecule has 1 atom stereocenters. The van der Waals surface area contributed by atoms with E-state index in [1.165, 1.54) is 11.8 Å². The molecule has 92 valence electrons. The van der Waals surface area contributed by atoms with E-state index < -0.39 is 11.9 Å². The normalized spacial score (nSPS) is 11.9. The van der Waals surface area contributed by atoms with Gasteiger partial charge >= 0.3 is 6.03 Å². The van der Waals surface area contributed by atoms with Gasteiger partial charge < -0.3 is 5.73 Å². The summed E-state index contributed by atoms with van der Waals surface area (Å²) in [5.74, 6) is -0.239. The molecule has 3 amide bonds. The first-order valence-electron chi connectivity index (χ1n) is 4.96. The number of nitrogens with two attached hydrogens (primary N) is 1. The maximum absolute atomic E-state index is 11.2. The highest BCUT2D eigenvalue weighted by Gasteiger charge is 2.12. The fraction of sp³-hybridized carbons (Fsp3) is 0.273. The lowest BCUT2D eigenvalue weighted by atomic mass is 10.2. The first-order chi connectivity index (χ1) is 8.00. The highest BCUT2D eigenvalue weighted by atomic mass is 35.5. The molecule has 0 radical (unpaired) electrons. The van der Waals surface area contributed by atoms with Gasteiger partial charge in [0, 0.05) is 10.3 Å². The van der Waals surface area contributed by atoms with Crippen LogP contribution >= 0.6 is 23.4 Å². The molecule has 0 saturated heterocycles. The van der Waals surface area contributed by atoms with Crippen LogP contribution in [0.2, 0.25) is 5.02 Å². The number of carbonyl (C=O) groups excluding carboxylic acids is 2. The van der Waals surface area contributed by atoms with Gasteiger partial charge in [0.05, 0.1) is 5.75 Å². The van der Waals surface area contributed by atoms with Crippen LogP contribution < -0.4 is 11.1 Å². The van der Waals surface area contributed by atoms with Crippen molar-refractivity contribution < 1.29 is 9.59 Å². The second kappa shape index (κ2) is 6.51. The first kappa shape index (κ1) is 13.9. The Kier molecular flexibility index (Phi) is 5.31. The number of urea groups is 1.